The number of aliphatic carboxylic acids is 3. The lowest BCUT2D eigenvalue weighted by Crippen LogP contribution is -2.49. The van der Waals surface area contributed by atoms with Gasteiger partial charge in [0, 0.05) is 13.0 Å². The molecule has 2 rings (SSSR count). The Bertz CT molecular complexity index is 1030. The second kappa shape index (κ2) is 13.1. The van der Waals surface area contributed by atoms with Gasteiger partial charge in [0.1, 0.15) is 18.7 Å². The van der Waals surface area contributed by atoms with Crippen molar-refractivity contribution in [1.29, 1.82) is 0 Å². The van der Waals surface area contributed by atoms with E-state index >= 15 is 0 Å². The molecule has 1 heterocycles. The molecule has 0 aliphatic carbocycles. The van der Waals surface area contributed by atoms with Crippen molar-refractivity contribution in [2.75, 3.05) is 6.54 Å². The van der Waals surface area contributed by atoms with Crippen molar-refractivity contribution in [1.82, 2.24) is 15.1 Å². The van der Waals surface area contributed by atoms with E-state index in [1.54, 1.807) is 24.3 Å². The molecular weight excluding hydrogens is 498 g/mol. The first kappa shape index (κ1) is 28.2. The molecule has 0 aromatic heterocycles. The van der Waals surface area contributed by atoms with Crippen LogP contribution in [0, 0.1) is 0 Å². The highest BCUT2D eigenvalue weighted by Crippen LogP contribution is 2.24. The number of carboxylic acids is 3. The van der Waals surface area contributed by atoms with Crippen LogP contribution in [0.3, 0.4) is 0 Å². The van der Waals surface area contributed by atoms with Crippen LogP contribution in [0.2, 0.25) is 0 Å². The Morgan fingerprint density at radius 1 is 0.889 bits per heavy atom. The predicted octanol–water partition coefficient (Wildman–Crippen LogP) is 0.810. The van der Waals surface area contributed by atoms with Gasteiger partial charge >= 0.3 is 35.8 Å². The van der Waals surface area contributed by atoms with Crippen LogP contribution in [-0.2, 0) is 35.3 Å². The molecule has 194 valence electrons. The maximum absolute atomic E-state index is 12.5. The first-order valence-corrected chi connectivity index (χ1v) is 11.3. The quantitative estimate of drug-likeness (QED) is 0.153. The SMILES string of the molecule is O=C(O)CC[C@@H](C(=O)O)N1C(=O)C(=O)N([C@@H](CCCCNC(=O)OCc2ccccc2)C(=O)O)C1=S. The number of nitrogens with zero attached hydrogens (tertiary/aromatic N) is 2. The fraction of sp³-hybridized carbons (Fsp3) is 0.409. The van der Waals surface area contributed by atoms with E-state index in [1.807, 2.05) is 6.07 Å². The Morgan fingerprint density at radius 2 is 1.44 bits per heavy atom. The monoisotopic (exact) mass is 523 g/mol. The number of unbranched alkanes of at least 4 members (excludes halogenated alkanes) is 1. The molecule has 1 aromatic carbocycles. The molecule has 0 spiro atoms. The van der Waals surface area contributed by atoms with Crippen molar-refractivity contribution >= 4 is 53.1 Å². The molecule has 1 aliphatic heterocycles. The van der Waals surface area contributed by atoms with Gasteiger partial charge in [-0.25, -0.2) is 14.4 Å². The van der Waals surface area contributed by atoms with Crippen LogP contribution in [0.5, 0.6) is 0 Å². The zero-order valence-corrected chi connectivity index (χ0v) is 19.8. The van der Waals surface area contributed by atoms with Gasteiger partial charge in [0.25, 0.3) is 0 Å². The number of ether oxygens (including phenoxy) is 1. The van der Waals surface area contributed by atoms with Crippen molar-refractivity contribution in [2.45, 2.75) is 50.8 Å². The number of amides is 3. The minimum absolute atomic E-state index is 0.0800. The summed E-state index contributed by atoms with van der Waals surface area (Å²) in [5, 5.41) is 29.8. The normalized spacial score (nSPS) is 14.9. The van der Waals surface area contributed by atoms with Crippen LogP contribution in [0.1, 0.15) is 37.7 Å². The lowest BCUT2D eigenvalue weighted by atomic mass is 10.1. The number of alkyl carbamates (subject to hydrolysis) is 1. The van der Waals surface area contributed by atoms with Gasteiger partial charge < -0.3 is 25.4 Å². The van der Waals surface area contributed by atoms with Gasteiger partial charge in [0.2, 0.25) is 0 Å². The fourth-order valence-corrected chi connectivity index (χ4v) is 3.88. The minimum atomic E-state index is -1.74. The van der Waals surface area contributed by atoms with Gasteiger partial charge in [-0.1, -0.05) is 30.3 Å². The first-order valence-electron chi connectivity index (χ1n) is 10.9. The summed E-state index contributed by atoms with van der Waals surface area (Å²) in [7, 11) is 0. The fourth-order valence-electron chi connectivity index (χ4n) is 3.46. The summed E-state index contributed by atoms with van der Waals surface area (Å²) in [4.78, 5) is 72.0. The molecule has 0 bridgehead atoms. The number of carbonyl (C=O) groups excluding carboxylic acids is 3. The molecule has 2 atom stereocenters. The molecule has 14 heteroatoms. The first-order chi connectivity index (χ1) is 17.0. The highest BCUT2D eigenvalue weighted by Gasteiger charge is 2.50. The number of thiocarbonyl (C=S) groups is 1. The topological polar surface area (TPSA) is 191 Å². The molecule has 1 aromatic rings. The van der Waals surface area contributed by atoms with Crippen LogP contribution in [-0.4, -0.2) is 84.7 Å². The summed E-state index contributed by atoms with van der Waals surface area (Å²) in [6.07, 6.45) is -1.42. The highest BCUT2D eigenvalue weighted by atomic mass is 32.1. The van der Waals surface area contributed by atoms with E-state index in [4.69, 9.17) is 22.1 Å². The summed E-state index contributed by atoms with van der Waals surface area (Å²) in [5.41, 5.74) is 0.805. The lowest BCUT2D eigenvalue weighted by Gasteiger charge is -2.27. The van der Waals surface area contributed by atoms with Gasteiger partial charge in [-0.15, -0.1) is 0 Å². The zero-order valence-electron chi connectivity index (χ0n) is 19.0. The number of carboxylic acid groups (broad SMARTS) is 3. The smallest absolute Gasteiger partial charge is 0.407 e. The Labute approximate surface area is 210 Å². The molecule has 1 fully saturated rings. The van der Waals surface area contributed by atoms with Crippen LogP contribution >= 0.6 is 12.2 Å². The van der Waals surface area contributed by atoms with Crippen LogP contribution in [0.4, 0.5) is 4.79 Å². The highest BCUT2D eigenvalue weighted by molar-refractivity contribution is 7.80. The molecule has 0 saturated carbocycles. The number of hydrogen-bond acceptors (Lipinski definition) is 8. The molecule has 4 N–H and O–H groups in total. The van der Waals surface area contributed by atoms with Crippen molar-refractivity contribution in [2.24, 2.45) is 0 Å². The molecule has 3 amide bonds. The number of rotatable bonds is 14. The third-order valence-corrected chi connectivity index (χ3v) is 5.64. The number of hydrogen-bond donors (Lipinski definition) is 4. The van der Waals surface area contributed by atoms with Gasteiger partial charge in [0.15, 0.2) is 5.11 Å². The molecule has 0 radical (unpaired) electrons. The Morgan fingerprint density at radius 3 is 1.97 bits per heavy atom. The van der Waals surface area contributed by atoms with E-state index in [0.717, 1.165) is 5.56 Å². The lowest BCUT2D eigenvalue weighted by molar-refractivity contribution is -0.152. The van der Waals surface area contributed by atoms with Crippen LogP contribution in [0.15, 0.2) is 30.3 Å². The molecule has 1 aliphatic rings. The third kappa shape index (κ3) is 7.46. The standard InChI is InChI=1S/C22H25N3O10S/c26-16(27)10-9-15(20(32)33)25-18(29)17(28)24(22(25)36)14(19(30)31)8-4-5-11-23-21(34)35-12-13-6-2-1-3-7-13/h1-3,6-7,14-15H,4-5,8-12H2,(H,23,34)(H,26,27)(H,30,31)(H,32,33)/t14-,15-/m0/s1. The maximum Gasteiger partial charge on any atom is 0.407 e. The van der Waals surface area contributed by atoms with Crippen LogP contribution < -0.4 is 5.32 Å². The Balaban J connectivity index is 1.91. The Hall–Kier alpha value is -4.07. The summed E-state index contributed by atoms with van der Waals surface area (Å²) in [6.45, 7) is 0.232. The van der Waals surface area contributed by atoms with Gasteiger partial charge in [0.05, 0.1) is 0 Å². The number of carbonyl (C=O) groups is 6. The molecule has 36 heavy (non-hydrogen) atoms. The third-order valence-electron chi connectivity index (χ3n) is 5.24. The summed E-state index contributed by atoms with van der Waals surface area (Å²) < 4.78 is 5.06. The minimum Gasteiger partial charge on any atom is -0.481 e. The average Bonchev–Trinajstić information content (AvgIpc) is 3.03. The largest absolute Gasteiger partial charge is 0.481 e. The molecule has 1 saturated heterocycles. The summed E-state index contributed by atoms with van der Waals surface area (Å²) >= 11 is 5.05. The van der Waals surface area contributed by atoms with E-state index in [2.05, 4.69) is 5.32 Å². The van der Waals surface area contributed by atoms with E-state index in [1.165, 1.54) is 0 Å². The zero-order chi connectivity index (χ0) is 26.8. The molecular formula is C22H25N3O10S. The van der Waals surface area contributed by atoms with Gasteiger partial charge in [-0.3, -0.25) is 24.2 Å². The number of benzene rings is 1. The molecule has 0 unspecified atom stereocenters. The molecule has 13 nitrogen and oxygen atoms in total. The second-order valence-electron chi connectivity index (χ2n) is 7.76. The van der Waals surface area contributed by atoms with Crippen molar-refractivity contribution < 1.29 is 48.8 Å². The average molecular weight is 524 g/mol. The van der Waals surface area contributed by atoms with E-state index in [0.29, 0.717) is 16.2 Å². The van der Waals surface area contributed by atoms with E-state index in [9.17, 15) is 39.0 Å². The van der Waals surface area contributed by atoms with Crippen LogP contribution in [0.25, 0.3) is 0 Å². The van der Waals surface area contributed by atoms with Crippen molar-refractivity contribution in [3.05, 3.63) is 35.9 Å². The Kier molecular flexibility index (Phi) is 10.3. The predicted molar refractivity (Wildman–Crippen MR) is 124 cm³/mol. The van der Waals surface area contributed by atoms with E-state index in [-0.39, 0.29) is 26.0 Å². The summed E-state index contributed by atoms with van der Waals surface area (Å²) in [6, 6.07) is 5.72. The van der Waals surface area contributed by atoms with Gasteiger partial charge in [-0.05, 0) is 43.5 Å². The second-order valence-corrected chi connectivity index (χ2v) is 8.12. The van der Waals surface area contributed by atoms with E-state index < -0.39 is 65.9 Å². The van der Waals surface area contributed by atoms with Crippen molar-refractivity contribution in [3.63, 3.8) is 0 Å². The van der Waals surface area contributed by atoms with Gasteiger partial charge in [-0.2, -0.15) is 0 Å². The maximum atomic E-state index is 12.5. The van der Waals surface area contributed by atoms with Crippen molar-refractivity contribution in [3.8, 4) is 0 Å². The number of nitrogens with one attached hydrogen (secondary N) is 1. The summed E-state index contributed by atoms with van der Waals surface area (Å²) in [5.74, 6) is -7.02.